The molecule has 0 aliphatic heterocycles. The van der Waals surface area contributed by atoms with Gasteiger partial charge in [0.1, 0.15) is 0 Å². The van der Waals surface area contributed by atoms with Crippen LogP contribution in [0, 0.1) is 5.92 Å². The van der Waals surface area contributed by atoms with Crippen molar-refractivity contribution in [1.29, 1.82) is 0 Å². The number of hydrogen-bond acceptors (Lipinski definition) is 4. The smallest absolute Gasteiger partial charge is 0.185 e. The van der Waals surface area contributed by atoms with E-state index < -0.39 is 0 Å². The fourth-order valence-corrected chi connectivity index (χ4v) is 3.34. The average molecular weight is 240 g/mol. The monoisotopic (exact) mass is 240 g/mol. The molecule has 1 fully saturated rings. The Balaban J connectivity index is 2.07. The summed E-state index contributed by atoms with van der Waals surface area (Å²) in [5.74, 6) is 0.750. The highest BCUT2D eigenvalue weighted by molar-refractivity contribution is 7.15. The van der Waals surface area contributed by atoms with E-state index in [1.807, 2.05) is 0 Å². The fourth-order valence-electron chi connectivity index (χ4n) is 2.55. The summed E-state index contributed by atoms with van der Waals surface area (Å²) >= 11 is 1.60. The molecule has 1 aromatic heterocycles. The Morgan fingerprint density at radius 3 is 2.88 bits per heavy atom. The number of anilines is 1. The van der Waals surface area contributed by atoms with Gasteiger partial charge in [-0.05, 0) is 18.8 Å². The second-order valence-corrected chi connectivity index (χ2v) is 5.80. The molecule has 1 aliphatic carbocycles. The molecule has 1 heterocycles. The minimum Gasteiger partial charge on any atom is -0.391 e. The van der Waals surface area contributed by atoms with Gasteiger partial charge in [-0.1, -0.05) is 31.1 Å². The van der Waals surface area contributed by atoms with Gasteiger partial charge in [-0.3, -0.25) is 0 Å². The van der Waals surface area contributed by atoms with Gasteiger partial charge in [-0.15, -0.1) is 0 Å². The first-order chi connectivity index (χ1) is 7.72. The predicted octanol–water partition coefficient (Wildman–Crippen LogP) is 2.65. The largest absolute Gasteiger partial charge is 0.391 e. The Hall–Kier alpha value is -0.610. The first-order valence-electron chi connectivity index (χ1n) is 6.00. The quantitative estimate of drug-likeness (QED) is 0.882. The first kappa shape index (κ1) is 11.9. The van der Waals surface area contributed by atoms with Crippen LogP contribution in [-0.2, 0) is 6.61 Å². The van der Waals surface area contributed by atoms with Crippen LogP contribution in [0.5, 0.6) is 0 Å². The van der Waals surface area contributed by atoms with E-state index in [1.165, 1.54) is 25.7 Å². The van der Waals surface area contributed by atoms with Gasteiger partial charge < -0.3 is 10.0 Å². The SMILES string of the molecule is CC1CCCCC1N(C)c1ncc(CO)s1. The van der Waals surface area contributed by atoms with Crippen molar-refractivity contribution >= 4 is 16.5 Å². The Morgan fingerprint density at radius 1 is 1.50 bits per heavy atom. The average Bonchev–Trinajstić information content (AvgIpc) is 2.77. The van der Waals surface area contributed by atoms with E-state index in [0.29, 0.717) is 6.04 Å². The molecule has 1 aromatic rings. The molecule has 0 saturated heterocycles. The van der Waals surface area contributed by atoms with Crippen molar-refractivity contribution in [1.82, 2.24) is 4.98 Å². The van der Waals surface area contributed by atoms with Crippen LogP contribution >= 0.6 is 11.3 Å². The highest BCUT2D eigenvalue weighted by atomic mass is 32.1. The maximum absolute atomic E-state index is 9.05. The van der Waals surface area contributed by atoms with Gasteiger partial charge in [0.15, 0.2) is 5.13 Å². The summed E-state index contributed by atoms with van der Waals surface area (Å²) in [5.41, 5.74) is 0. The third-order valence-electron chi connectivity index (χ3n) is 3.56. The molecule has 90 valence electrons. The Morgan fingerprint density at radius 2 is 2.25 bits per heavy atom. The summed E-state index contributed by atoms with van der Waals surface area (Å²) in [6, 6.07) is 0.617. The number of thiazole rings is 1. The van der Waals surface area contributed by atoms with Crippen molar-refractivity contribution in [3.05, 3.63) is 11.1 Å². The van der Waals surface area contributed by atoms with Crippen LogP contribution in [0.1, 0.15) is 37.5 Å². The van der Waals surface area contributed by atoms with Crippen LogP contribution in [-0.4, -0.2) is 23.2 Å². The summed E-state index contributed by atoms with van der Waals surface area (Å²) in [5, 5.41) is 10.1. The Bertz CT molecular complexity index is 340. The lowest BCUT2D eigenvalue weighted by molar-refractivity contribution is 0.285. The summed E-state index contributed by atoms with van der Waals surface area (Å²) in [7, 11) is 2.13. The van der Waals surface area contributed by atoms with Crippen LogP contribution in [0.3, 0.4) is 0 Å². The van der Waals surface area contributed by atoms with Crippen LogP contribution in [0.4, 0.5) is 5.13 Å². The molecule has 0 amide bonds. The van der Waals surface area contributed by atoms with E-state index in [0.717, 1.165) is 15.9 Å². The zero-order valence-electron chi connectivity index (χ0n) is 10.0. The number of aliphatic hydroxyl groups is 1. The number of aliphatic hydroxyl groups excluding tert-OH is 1. The third kappa shape index (κ3) is 2.38. The standard InChI is InChI=1S/C12H20N2OS/c1-9-5-3-4-6-11(9)14(2)12-13-7-10(8-15)16-12/h7,9,11,15H,3-6,8H2,1-2H3. The maximum atomic E-state index is 9.05. The molecule has 2 unspecified atom stereocenters. The van der Waals surface area contributed by atoms with E-state index in [2.05, 4.69) is 23.9 Å². The number of nitrogens with zero attached hydrogens (tertiary/aromatic N) is 2. The molecule has 16 heavy (non-hydrogen) atoms. The topological polar surface area (TPSA) is 36.4 Å². The summed E-state index contributed by atoms with van der Waals surface area (Å²) in [6.07, 6.45) is 7.08. The summed E-state index contributed by atoms with van der Waals surface area (Å²) in [6.45, 7) is 2.44. The number of aromatic nitrogens is 1. The number of rotatable bonds is 3. The zero-order valence-corrected chi connectivity index (χ0v) is 10.8. The maximum Gasteiger partial charge on any atom is 0.185 e. The lowest BCUT2D eigenvalue weighted by Crippen LogP contribution is -2.38. The van der Waals surface area contributed by atoms with Gasteiger partial charge >= 0.3 is 0 Å². The van der Waals surface area contributed by atoms with Crippen molar-refractivity contribution in [2.24, 2.45) is 5.92 Å². The van der Waals surface area contributed by atoms with Gasteiger partial charge in [-0.2, -0.15) is 0 Å². The predicted molar refractivity (Wildman–Crippen MR) is 67.9 cm³/mol. The Labute approximate surface area is 101 Å². The number of hydrogen-bond donors (Lipinski definition) is 1. The van der Waals surface area contributed by atoms with Crippen molar-refractivity contribution in [3.63, 3.8) is 0 Å². The highest BCUT2D eigenvalue weighted by Crippen LogP contribution is 2.32. The van der Waals surface area contributed by atoms with Gasteiger partial charge in [0.25, 0.3) is 0 Å². The van der Waals surface area contributed by atoms with Crippen LogP contribution in [0.15, 0.2) is 6.20 Å². The lowest BCUT2D eigenvalue weighted by atomic mass is 9.85. The van der Waals surface area contributed by atoms with Crippen LogP contribution in [0.2, 0.25) is 0 Å². The van der Waals surface area contributed by atoms with Gasteiger partial charge in [0, 0.05) is 19.3 Å². The fraction of sp³-hybridized carbons (Fsp3) is 0.750. The van der Waals surface area contributed by atoms with Crippen molar-refractivity contribution in [3.8, 4) is 0 Å². The molecule has 1 aliphatic rings. The zero-order chi connectivity index (χ0) is 11.5. The van der Waals surface area contributed by atoms with Gasteiger partial charge in [-0.25, -0.2) is 4.98 Å². The molecular weight excluding hydrogens is 220 g/mol. The highest BCUT2D eigenvalue weighted by Gasteiger charge is 2.26. The lowest BCUT2D eigenvalue weighted by Gasteiger charge is -2.36. The van der Waals surface area contributed by atoms with E-state index in [9.17, 15) is 0 Å². The molecule has 1 N–H and O–H groups in total. The molecule has 4 heteroatoms. The van der Waals surface area contributed by atoms with Crippen LogP contribution in [0.25, 0.3) is 0 Å². The minimum absolute atomic E-state index is 0.103. The van der Waals surface area contributed by atoms with E-state index in [4.69, 9.17) is 5.11 Å². The second-order valence-electron chi connectivity index (χ2n) is 4.71. The molecule has 0 radical (unpaired) electrons. The molecule has 2 rings (SSSR count). The van der Waals surface area contributed by atoms with E-state index in [-0.39, 0.29) is 6.61 Å². The second kappa shape index (κ2) is 5.15. The minimum atomic E-state index is 0.103. The first-order valence-corrected chi connectivity index (χ1v) is 6.82. The van der Waals surface area contributed by atoms with Crippen molar-refractivity contribution < 1.29 is 5.11 Å². The summed E-state index contributed by atoms with van der Waals surface area (Å²) in [4.78, 5) is 7.63. The molecule has 1 saturated carbocycles. The molecule has 2 atom stereocenters. The van der Waals surface area contributed by atoms with Crippen molar-refractivity contribution in [2.75, 3.05) is 11.9 Å². The molecular formula is C12H20N2OS. The van der Waals surface area contributed by atoms with Crippen LogP contribution < -0.4 is 4.90 Å². The van der Waals surface area contributed by atoms with E-state index >= 15 is 0 Å². The van der Waals surface area contributed by atoms with Gasteiger partial charge in [0.05, 0.1) is 11.5 Å². The third-order valence-corrected chi connectivity index (χ3v) is 4.64. The van der Waals surface area contributed by atoms with Gasteiger partial charge in [0.2, 0.25) is 0 Å². The molecule has 3 nitrogen and oxygen atoms in total. The normalized spacial score (nSPS) is 25.7. The molecule has 0 spiro atoms. The molecule has 0 aromatic carbocycles. The molecule has 0 bridgehead atoms. The summed E-state index contributed by atoms with van der Waals surface area (Å²) < 4.78 is 0. The van der Waals surface area contributed by atoms with Crippen molar-refractivity contribution in [2.45, 2.75) is 45.3 Å². The van der Waals surface area contributed by atoms with E-state index in [1.54, 1.807) is 17.5 Å². The Kier molecular flexibility index (Phi) is 3.82.